The number of amides is 1. The maximum atomic E-state index is 12.1. The van der Waals surface area contributed by atoms with Crippen LogP contribution in [-0.4, -0.2) is 23.1 Å². The van der Waals surface area contributed by atoms with Gasteiger partial charge in [0.25, 0.3) is 5.91 Å². The highest BCUT2D eigenvalue weighted by atomic mass is 79.9. The predicted molar refractivity (Wildman–Crippen MR) is 103 cm³/mol. The van der Waals surface area contributed by atoms with E-state index in [1.807, 2.05) is 48.5 Å². The molecule has 0 spiro atoms. The number of thiazole rings is 1. The highest BCUT2D eigenvalue weighted by Crippen LogP contribution is 2.25. The zero-order valence-corrected chi connectivity index (χ0v) is 15.3. The predicted octanol–water partition coefficient (Wildman–Crippen LogP) is 4.01. The SMILES string of the molecule is C[C@H](Nc1nc2ccccc2s1)C(=O)N/N=C\c1ccc(Br)cc1. The van der Waals surface area contributed by atoms with Crippen LogP contribution in [0.2, 0.25) is 0 Å². The van der Waals surface area contributed by atoms with Crippen LogP contribution in [0.5, 0.6) is 0 Å². The summed E-state index contributed by atoms with van der Waals surface area (Å²) in [7, 11) is 0. The van der Waals surface area contributed by atoms with Crippen molar-refractivity contribution in [3.63, 3.8) is 0 Å². The summed E-state index contributed by atoms with van der Waals surface area (Å²) in [6.45, 7) is 1.77. The van der Waals surface area contributed by atoms with Crippen LogP contribution in [-0.2, 0) is 4.79 Å². The summed E-state index contributed by atoms with van der Waals surface area (Å²) in [4.78, 5) is 16.5. The lowest BCUT2D eigenvalue weighted by Gasteiger charge is -2.10. The molecule has 122 valence electrons. The molecule has 1 heterocycles. The number of anilines is 1. The minimum absolute atomic E-state index is 0.220. The van der Waals surface area contributed by atoms with Crippen molar-refractivity contribution in [3.05, 3.63) is 58.6 Å². The first-order chi connectivity index (χ1) is 11.6. The second kappa shape index (κ2) is 7.55. The van der Waals surface area contributed by atoms with E-state index in [9.17, 15) is 4.79 Å². The number of carbonyl (C=O) groups excluding carboxylic acids is 1. The third-order valence-corrected chi connectivity index (χ3v) is 4.78. The van der Waals surface area contributed by atoms with E-state index in [1.54, 1.807) is 13.1 Å². The van der Waals surface area contributed by atoms with Crippen LogP contribution in [0.1, 0.15) is 12.5 Å². The molecule has 0 bridgehead atoms. The highest BCUT2D eigenvalue weighted by molar-refractivity contribution is 9.10. The molecule has 7 heteroatoms. The number of para-hydroxylation sites is 1. The van der Waals surface area contributed by atoms with Crippen LogP contribution in [0.4, 0.5) is 5.13 Å². The van der Waals surface area contributed by atoms with Gasteiger partial charge in [0.2, 0.25) is 0 Å². The molecule has 3 aromatic rings. The van der Waals surface area contributed by atoms with Gasteiger partial charge in [-0.05, 0) is 36.8 Å². The molecule has 0 unspecified atom stereocenters. The number of halogens is 1. The molecule has 0 saturated heterocycles. The number of aromatic nitrogens is 1. The van der Waals surface area contributed by atoms with E-state index in [0.29, 0.717) is 0 Å². The van der Waals surface area contributed by atoms with E-state index < -0.39 is 6.04 Å². The van der Waals surface area contributed by atoms with Gasteiger partial charge in [0, 0.05) is 4.47 Å². The van der Waals surface area contributed by atoms with E-state index >= 15 is 0 Å². The van der Waals surface area contributed by atoms with Gasteiger partial charge in [0.15, 0.2) is 5.13 Å². The average Bonchev–Trinajstić information content (AvgIpc) is 2.98. The molecule has 3 rings (SSSR count). The minimum atomic E-state index is -0.437. The van der Waals surface area contributed by atoms with Crippen molar-refractivity contribution in [2.75, 3.05) is 5.32 Å². The first-order valence-electron chi connectivity index (χ1n) is 7.32. The number of fused-ring (bicyclic) bond motifs is 1. The number of nitrogens with zero attached hydrogens (tertiary/aromatic N) is 2. The average molecular weight is 403 g/mol. The summed E-state index contributed by atoms with van der Waals surface area (Å²) in [6, 6.07) is 15.1. The Labute approximate surface area is 151 Å². The Hall–Kier alpha value is -2.25. The lowest BCUT2D eigenvalue weighted by molar-refractivity contribution is -0.121. The smallest absolute Gasteiger partial charge is 0.262 e. The monoisotopic (exact) mass is 402 g/mol. The zero-order valence-electron chi connectivity index (χ0n) is 12.9. The van der Waals surface area contributed by atoms with Crippen LogP contribution in [0, 0.1) is 0 Å². The molecule has 0 fully saturated rings. The number of carbonyl (C=O) groups is 1. The van der Waals surface area contributed by atoms with Crippen molar-refractivity contribution >= 4 is 54.7 Å². The Bertz CT molecular complexity index is 843. The molecular weight excluding hydrogens is 388 g/mol. The fourth-order valence-corrected chi connectivity index (χ4v) is 3.22. The lowest BCUT2D eigenvalue weighted by Crippen LogP contribution is -2.34. The highest BCUT2D eigenvalue weighted by Gasteiger charge is 2.13. The molecule has 2 aromatic carbocycles. The van der Waals surface area contributed by atoms with Gasteiger partial charge in [0.05, 0.1) is 16.4 Å². The molecule has 0 aliphatic rings. The molecule has 0 aliphatic heterocycles. The fraction of sp³-hybridized carbons (Fsp3) is 0.118. The molecule has 2 N–H and O–H groups in total. The topological polar surface area (TPSA) is 66.4 Å². The third kappa shape index (κ3) is 4.18. The zero-order chi connectivity index (χ0) is 16.9. The summed E-state index contributed by atoms with van der Waals surface area (Å²) in [6.07, 6.45) is 1.61. The second-order valence-electron chi connectivity index (χ2n) is 5.14. The number of nitrogens with one attached hydrogen (secondary N) is 2. The first-order valence-corrected chi connectivity index (χ1v) is 8.93. The van der Waals surface area contributed by atoms with Crippen molar-refractivity contribution in [2.45, 2.75) is 13.0 Å². The number of hydrogen-bond acceptors (Lipinski definition) is 5. The summed E-state index contributed by atoms with van der Waals surface area (Å²) in [5, 5.41) is 7.80. The van der Waals surface area contributed by atoms with E-state index in [1.165, 1.54) is 11.3 Å². The largest absolute Gasteiger partial charge is 0.350 e. The van der Waals surface area contributed by atoms with Crippen LogP contribution < -0.4 is 10.7 Å². The normalized spacial score (nSPS) is 12.4. The van der Waals surface area contributed by atoms with Gasteiger partial charge in [-0.2, -0.15) is 5.10 Å². The second-order valence-corrected chi connectivity index (χ2v) is 7.08. The van der Waals surface area contributed by atoms with Crippen molar-refractivity contribution in [1.29, 1.82) is 0 Å². The maximum absolute atomic E-state index is 12.1. The minimum Gasteiger partial charge on any atom is -0.350 e. The Morgan fingerprint density at radius 3 is 2.75 bits per heavy atom. The molecule has 0 saturated carbocycles. The van der Waals surface area contributed by atoms with Gasteiger partial charge in [-0.3, -0.25) is 4.79 Å². The van der Waals surface area contributed by atoms with Crippen molar-refractivity contribution in [2.24, 2.45) is 5.10 Å². The van der Waals surface area contributed by atoms with Gasteiger partial charge in [-0.25, -0.2) is 10.4 Å². The number of rotatable bonds is 5. The Kier molecular flexibility index (Phi) is 5.22. The van der Waals surface area contributed by atoms with Gasteiger partial charge in [0.1, 0.15) is 6.04 Å². The number of hydrazone groups is 1. The van der Waals surface area contributed by atoms with Crippen molar-refractivity contribution in [1.82, 2.24) is 10.4 Å². The van der Waals surface area contributed by atoms with Crippen molar-refractivity contribution in [3.8, 4) is 0 Å². The molecule has 24 heavy (non-hydrogen) atoms. The summed E-state index contributed by atoms with van der Waals surface area (Å²) in [5.74, 6) is -0.220. The Morgan fingerprint density at radius 1 is 1.25 bits per heavy atom. The van der Waals surface area contributed by atoms with E-state index in [0.717, 1.165) is 25.4 Å². The van der Waals surface area contributed by atoms with E-state index in [2.05, 4.69) is 36.8 Å². The van der Waals surface area contributed by atoms with Crippen LogP contribution in [0.15, 0.2) is 58.1 Å². The molecule has 0 radical (unpaired) electrons. The number of benzene rings is 2. The standard InChI is InChI=1S/C17H15BrN4OS/c1-11(20-17-21-14-4-2-3-5-15(14)24-17)16(23)22-19-10-12-6-8-13(18)9-7-12/h2-11H,1H3,(H,20,21)(H,22,23)/b19-10-/t11-/m0/s1. The molecule has 1 atom stereocenters. The van der Waals surface area contributed by atoms with Crippen LogP contribution >= 0.6 is 27.3 Å². The molecule has 5 nitrogen and oxygen atoms in total. The van der Waals surface area contributed by atoms with Gasteiger partial charge >= 0.3 is 0 Å². The van der Waals surface area contributed by atoms with Crippen LogP contribution in [0.25, 0.3) is 10.2 Å². The van der Waals surface area contributed by atoms with Gasteiger partial charge in [-0.1, -0.05) is 51.5 Å². The maximum Gasteiger partial charge on any atom is 0.262 e. The lowest BCUT2D eigenvalue weighted by atomic mass is 10.2. The quantitative estimate of drug-likeness (QED) is 0.500. The Morgan fingerprint density at radius 2 is 2.00 bits per heavy atom. The molecule has 1 aromatic heterocycles. The fourth-order valence-electron chi connectivity index (χ4n) is 2.00. The van der Waals surface area contributed by atoms with Crippen LogP contribution in [0.3, 0.4) is 0 Å². The van der Waals surface area contributed by atoms with E-state index in [4.69, 9.17) is 0 Å². The first kappa shape index (κ1) is 16.6. The van der Waals surface area contributed by atoms with E-state index in [-0.39, 0.29) is 5.91 Å². The molecular formula is C17H15BrN4OS. The molecule has 1 amide bonds. The summed E-state index contributed by atoms with van der Waals surface area (Å²) >= 11 is 4.89. The van der Waals surface area contributed by atoms with Gasteiger partial charge < -0.3 is 5.32 Å². The number of hydrogen-bond donors (Lipinski definition) is 2. The Balaban J connectivity index is 1.57. The summed E-state index contributed by atoms with van der Waals surface area (Å²) in [5.41, 5.74) is 4.36. The third-order valence-electron chi connectivity index (χ3n) is 3.29. The summed E-state index contributed by atoms with van der Waals surface area (Å²) < 4.78 is 2.08. The van der Waals surface area contributed by atoms with Crippen molar-refractivity contribution < 1.29 is 4.79 Å². The van der Waals surface area contributed by atoms with Gasteiger partial charge in [-0.15, -0.1) is 0 Å². The molecule has 0 aliphatic carbocycles.